The normalized spacial score (nSPS) is 12.7. The lowest BCUT2D eigenvalue weighted by Gasteiger charge is -2.18. The highest BCUT2D eigenvalue weighted by molar-refractivity contribution is 5.08. The van der Waals surface area contributed by atoms with E-state index in [1.165, 1.54) is 0 Å². The van der Waals surface area contributed by atoms with Crippen molar-refractivity contribution < 1.29 is 14.4 Å². The molecule has 0 unspecified atom stereocenters. The van der Waals surface area contributed by atoms with Gasteiger partial charge >= 0.3 is 0 Å². The van der Waals surface area contributed by atoms with Crippen molar-refractivity contribution in [3.05, 3.63) is 41.8 Å². The van der Waals surface area contributed by atoms with Gasteiger partial charge in [0.1, 0.15) is 6.10 Å². The van der Waals surface area contributed by atoms with Gasteiger partial charge in [0.25, 0.3) is 0 Å². The lowest BCUT2D eigenvalue weighted by molar-refractivity contribution is 0.0683. The third-order valence-electron chi connectivity index (χ3n) is 3.17. The quantitative estimate of drug-likeness (QED) is 0.752. The highest BCUT2D eigenvalue weighted by atomic mass is 16.5. The summed E-state index contributed by atoms with van der Waals surface area (Å²) < 4.78 is 10.7. The van der Waals surface area contributed by atoms with E-state index in [4.69, 9.17) is 9.26 Å². The van der Waals surface area contributed by atoms with Crippen molar-refractivity contribution in [1.29, 1.82) is 0 Å². The van der Waals surface area contributed by atoms with Crippen LogP contribution in [0.4, 0.5) is 0 Å². The molecule has 120 valence electrons. The Balaban J connectivity index is 1.98. The molecule has 0 aliphatic carbocycles. The molecule has 7 heteroatoms. The first-order chi connectivity index (χ1) is 10.7. The zero-order chi connectivity index (χ0) is 15.8. The largest absolute Gasteiger partial charge is 0.395 e. The highest BCUT2D eigenvalue weighted by Crippen LogP contribution is 2.14. The number of nitrogens with zero attached hydrogens (tertiary/aromatic N) is 4. The molecule has 1 N–H and O–H groups in total. The summed E-state index contributed by atoms with van der Waals surface area (Å²) >= 11 is 0. The van der Waals surface area contributed by atoms with Crippen molar-refractivity contribution >= 4 is 0 Å². The zero-order valence-corrected chi connectivity index (χ0v) is 13.0. The standard InChI is InChI=1S/C15H22N4O3/c1-3-21-12(2)15-17-14(22-18-15)11-19(7-8-20)10-13-5-4-6-16-9-13/h4-6,9,12,20H,3,7-8,10-11H2,1-2H3/t12-/m1/s1. The van der Waals surface area contributed by atoms with Crippen molar-refractivity contribution in [2.75, 3.05) is 19.8 Å². The summed E-state index contributed by atoms with van der Waals surface area (Å²) in [6.07, 6.45) is 3.35. The second-order valence-corrected chi connectivity index (χ2v) is 4.94. The van der Waals surface area contributed by atoms with Gasteiger partial charge in [-0.2, -0.15) is 4.98 Å². The van der Waals surface area contributed by atoms with Crippen LogP contribution in [0.5, 0.6) is 0 Å². The molecular formula is C15H22N4O3. The molecule has 22 heavy (non-hydrogen) atoms. The van der Waals surface area contributed by atoms with E-state index < -0.39 is 0 Å². The topological polar surface area (TPSA) is 84.5 Å². The van der Waals surface area contributed by atoms with Crippen LogP contribution in [-0.2, 0) is 17.8 Å². The molecule has 2 aromatic rings. The molecule has 7 nitrogen and oxygen atoms in total. The second kappa shape index (κ2) is 8.57. The van der Waals surface area contributed by atoms with E-state index in [0.29, 0.717) is 38.0 Å². The van der Waals surface area contributed by atoms with Crippen molar-refractivity contribution in [3.8, 4) is 0 Å². The Morgan fingerprint density at radius 3 is 2.95 bits per heavy atom. The van der Waals surface area contributed by atoms with Crippen LogP contribution in [0.1, 0.15) is 37.2 Å². The van der Waals surface area contributed by atoms with Gasteiger partial charge < -0.3 is 14.4 Å². The van der Waals surface area contributed by atoms with Crippen molar-refractivity contribution in [1.82, 2.24) is 20.0 Å². The van der Waals surface area contributed by atoms with Crippen LogP contribution in [0.3, 0.4) is 0 Å². The summed E-state index contributed by atoms with van der Waals surface area (Å²) in [5.41, 5.74) is 1.07. The Hall–Kier alpha value is -1.83. The van der Waals surface area contributed by atoms with E-state index in [1.54, 1.807) is 12.4 Å². The van der Waals surface area contributed by atoms with Gasteiger partial charge in [-0.05, 0) is 25.5 Å². The Morgan fingerprint density at radius 2 is 2.27 bits per heavy atom. The smallest absolute Gasteiger partial charge is 0.240 e. The van der Waals surface area contributed by atoms with E-state index >= 15 is 0 Å². The van der Waals surface area contributed by atoms with E-state index in [1.807, 2.05) is 30.9 Å². The molecule has 1 atom stereocenters. The number of hydrogen-bond donors (Lipinski definition) is 1. The molecule has 2 heterocycles. The van der Waals surface area contributed by atoms with E-state index in [9.17, 15) is 5.11 Å². The van der Waals surface area contributed by atoms with Crippen LogP contribution >= 0.6 is 0 Å². The lowest BCUT2D eigenvalue weighted by Crippen LogP contribution is -2.26. The summed E-state index contributed by atoms with van der Waals surface area (Å²) in [7, 11) is 0. The fraction of sp³-hybridized carbons (Fsp3) is 0.533. The summed E-state index contributed by atoms with van der Waals surface area (Å²) in [6, 6.07) is 3.88. The maximum Gasteiger partial charge on any atom is 0.240 e. The predicted octanol–water partition coefficient (Wildman–Crippen LogP) is 1.56. The number of ether oxygens (including phenoxy) is 1. The first kappa shape index (κ1) is 16.5. The van der Waals surface area contributed by atoms with Crippen LogP contribution in [0.25, 0.3) is 0 Å². The van der Waals surface area contributed by atoms with Crippen LogP contribution in [0, 0.1) is 0 Å². The SMILES string of the molecule is CCO[C@H](C)c1noc(CN(CCO)Cc2cccnc2)n1. The molecule has 0 saturated carbocycles. The Kier molecular flexibility index (Phi) is 6.45. The third-order valence-corrected chi connectivity index (χ3v) is 3.17. The number of rotatable bonds is 9. The van der Waals surface area contributed by atoms with Gasteiger partial charge in [0, 0.05) is 32.1 Å². The van der Waals surface area contributed by atoms with E-state index in [0.717, 1.165) is 5.56 Å². The molecule has 0 saturated heterocycles. The summed E-state index contributed by atoms with van der Waals surface area (Å²) in [5, 5.41) is 13.2. The Labute approximate surface area is 129 Å². The first-order valence-electron chi connectivity index (χ1n) is 7.39. The van der Waals surface area contributed by atoms with Gasteiger partial charge in [0.05, 0.1) is 13.2 Å². The lowest BCUT2D eigenvalue weighted by atomic mass is 10.2. The molecule has 2 rings (SSSR count). The summed E-state index contributed by atoms with van der Waals surface area (Å²) in [5.74, 6) is 1.06. The van der Waals surface area contributed by atoms with Gasteiger partial charge in [-0.1, -0.05) is 11.2 Å². The van der Waals surface area contributed by atoms with Crippen molar-refractivity contribution in [2.45, 2.75) is 33.0 Å². The van der Waals surface area contributed by atoms with Gasteiger partial charge in [-0.3, -0.25) is 9.88 Å². The summed E-state index contributed by atoms with van der Waals surface area (Å²) in [6.45, 7) is 6.13. The fourth-order valence-corrected chi connectivity index (χ4v) is 2.12. The molecule has 0 aromatic carbocycles. The van der Waals surface area contributed by atoms with Gasteiger partial charge in [-0.15, -0.1) is 0 Å². The molecular weight excluding hydrogens is 284 g/mol. The maximum atomic E-state index is 9.21. The first-order valence-corrected chi connectivity index (χ1v) is 7.39. The maximum absolute atomic E-state index is 9.21. The van der Waals surface area contributed by atoms with Crippen LogP contribution < -0.4 is 0 Å². The molecule has 0 amide bonds. The molecule has 0 spiro atoms. The predicted molar refractivity (Wildman–Crippen MR) is 79.8 cm³/mol. The minimum Gasteiger partial charge on any atom is -0.395 e. The van der Waals surface area contributed by atoms with Gasteiger partial charge in [-0.25, -0.2) is 0 Å². The van der Waals surface area contributed by atoms with E-state index in [2.05, 4.69) is 15.1 Å². The number of hydrogen-bond acceptors (Lipinski definition) is 7. The second-order valence-electron chi connectivity index (χ2n) is 4.94. The van der Waals surface area contributed by atoms with Crippen LogP contribution in [0.2, 0.25) is 0 Å². The number of aliphatic hydroxyl groups is 1. The minimum atomic E-state index is -0.188. The van der Waals surface area contributed by atoms with Crippen molar-refractivity contribution in [2.24, 2.45) is 0 Å². The minimum absolute atomic E-state index is 0.0661. The van der Waals surface area contributed by atoms with Crippen molar-refractivity contribution in [3.63, 3.8) is 0 Å². The fourth-order valence-electron chi connectivity index (χ4n) is 2.12. The highest BCUT2D eigenvalue weighted by Gasteiger charge is 2.16. The summed E-state index contributed by atoms with van der Waals surface area (Å²) in [4.78, 5) is 10.5. The zero-order valence-electron chi connectivity index (χ0n) is 13.0. The molecule has 0 bridgehead atoms. The molecule has 0 aliphatic heterocycles. The van der Waals surface area contributed by atoms with Crippen LogP contribution in [-0.4, -0.2) is 44.9 Å². The third kappa shape index (κ3) is 4.87. The molecule has 0 aliphatic rings. The Bertz CT molecular complexity index is 547. The number of aromatic nitrogens is 3. The van der Waals surface area contributed by atoms with Gasteiger partial charge in [0.15, 0.2) is 5.82 Å². The number of aliphatic hydroxyl groups excluding tert-OH is 1. The van der Waals surface area contributed by atoms with E-state index in [-0.39, 0.29) is 12.7 Å². The molecule has 0 fully saturated rings. The average molecular weight is 306 g/mol. The number of pyridine rings is 1. The average Bonchev–Trinajstić information content (AvgIpc) is 2.97. The monoisotopic (exact) mass is 306 g/mol. The van der Waals surface area contributed by atoms with Gasteiger partial charge in [0.2, 0.25) is 5.89 Å². The molecule has 0 radical (unpaired) electrons. The molecule has 2 aromatic heterocycles. The van der Waals surface area contributed by atoms with Crippen LogP contribution in [0.15, 0.2) is 29.0 Å². The Morgan fingerprint density at radius 1 is 1.41 bits per heavy atom.